The normalized spacial score (nSPS) is 39.2. The van der Waals surface area contributed by atoms with Crippen molar-refractivity contribution < 1.29 is 14.3 Å². The minimum atomic E-state index is -0.416. The van der Waals surface area contributed by atoms with E-state index in [2.05, 4.69) is 5.32 Å². The number of fused-ring (bicyclic) bond motifs is 1. The molecular weight excluding hydrogens is 242 g/mol. The van der Waals surface area contributed by atoms with Gasteiger partial charge in [0.25, 0.3) is 0 Å². The van der Waals surface area contributed by atoms with Crippen molar-refractivity contribution in [3.8, 4) is 0 Å². The Morgan fingerprint density at radius 3 is 3.00 bits per heavy atom. The van der Waals surface area contributed by atoms with Gasteiger partial charge in [0.2, 0.25) is 5.91 Å². The molecule has 0 unspecified atom stereocenters. The molecule has 4 heteroatoms. The van der Waals surface area contributed by atoms with Crippen LogP contribution in [0.1, 0.15) is 41.2 Å². The summed E-state index contributed by atoms with van der Waals surface area (Å²) in [6, 6.07) is 7.27. The second-order valence-electron chi connectivity index (χ2n) is 5.71. The van der Waals surface area contributed by atoms with Crippen LogP contribution in [-0.4, -0.2) is 23.9 Å². The topological polar surface area (TPSA) is 55.4 Å². The molecular formula is C15H15NO3. The lowest BCUT2D eigenvalue weighted by molar-refractivity contribution is -0.123. The Morgan fingerprint density at radius 1 is 1.37 bits per heavy atom. The largest absolute Gasteiger partial charge is 0.368 e. The van der Waals surface area contributed by atoms with Crippen molar-refractivity contribution in [1.82, 2.24) is 5.32 Å². The van der Waals surface area contributed by atoms with Gasteiger partial charge < -0.3 is 10.1 Å². The second kappa shape index (κ2) is 3.67. The van der Waals surface area contributed by atoms with Crippen LogP contribution < -0.4 is 5.32 Å². The van der Waals surface area contributed by atoms with Gasteiger partial charge in [0, 0.05) is 5.56 Å². The molecule has 19 heavy (non-hydrogen) atoms. The summed E-state index contributed by atoms with van der Waals surface area (Å²) in [4.78, 5) is 23.4. The first-order valence-electron chi connectivity index (χ1n) is 6.77. The molecule has 3 saturated heterocycles. The van der Waals surface area contributed by atoms with E-state index in [9.17, 15) is 9.59 Å². The van der Waals surface area contributed by atoms with E-state index in [0.29, 0.717) is 5.56 Å². The molecule has 0 radical (unpaired) electrons. The van der Waals surface area contributed by atoms with Crippen LogP contribution in [-0.2, 0) is 9.53 Å². The highest BCUT2D eigenvalue weighted by molar-refractivity contribution is 5.86. The minimum absolute atomic E-state index is 0.0454. The second-order valence-corrected chi connectivity index (χ2v) is 5.71. The Bertz CT molecular complexity index is 570. The molecule has 3 fully saturated rings. The minimum Gasteiger partial charge on any atom is -0.368 e. The number of aldehydes is 1. The Morgan fingerprint density at radius 2 is 2.21 bits per heavy atom. The monoisotopic (exact) mass is 257 g/mol. The third-order valence-corrected chi connectivity index (χ3v) is 4.86. The molecule has 4 rings (SSSR count). The fourth-order valence-corrected chi connectivity index (χ4v) is 4.03. The van der Waals surface area contributed by atoms with E-state index >= 15 is 0 Å². The molecule has 98 valence electrons. The van der Waals surface area contributed by atoms with Gasteiger partial charge in [0.05, 0.1) is 18.1 Å². The lowest BCUT2D eigenvalue weighted by Crippen LogP contribution is -2.37. The predicted octanol–water partition coefficient (Wildman–Crippen LogP) is 1.61. The van der Waals surface area contributed by atoms with Gasteiger partial charge in [-0.3, -0.25) is 9.59 Å². The van der Waals surface area contributed by atoms with Crippen LogP contribution in [0.4, 0.5) is 0 Å². The van der Waals surface area contributed by atoms with Crippen LogP contribution in [0.2, 0.25) is 0 Å². The summed E-state index contributed by atoms with van der Waals surface area (Å²) in [6.07, 6.45) is 3.82. The van der Waals surface area contributed by atoms with Crippen LogP contribution in [0.5, 0.6) is 0 Å². The summed E-state index contributed by atoms with van der Waals surface area (Å²) >= 11 is 0. The van der Waals surface area contributed by atoms with Crippen LogP contribution in [0.25, 0.3) is 0 Å². The maximum absolute atomic E-state index is 12.1. The number of amides is 1. The van der Waals surface area contributed by atoms with Gasteiger partial charge in [-0.05, 0) is 24.8 Å². The van der Waals surface area contributed by atoms with Gasteiger partial charge >= 0.3 is 0 Å². The zero-order valence-corrected chi connectivity index (χ0v) is 10.5. The molecule has 0 saturated carbocycles. The number of hydrogen-bond acceptors (Lipinski definition) is 3. The highest BCUT2D eigenvalue weighted by Crippen LogP contribution is 2.57. The number of ether oxygens (including phenoxy) is 1. The van der Waals surface area contributed by atoms with Crippen LogP contribution in [0.3, 0.4) is 0 Å². The van der Waals surface area contributed by atoms with Crippen molar-refractivity contribution in [2.45, 2.75) is 37.0 Å². The summed E-state index contributed by atoms with van der Waals surface area (Å²) in [5, 5.41) is 3.04. The fraction of sp³-hybridized carbons (Fsp3) is 0.467. The highest BCUT2D eigenvalue weighted by Gasteiger charge is 2.65. The Kier molecular flexibility index (Phi) is 2.16. The maximum atomic E-state index is 12.1. The number of carbonyl (C=O) groups excluding carboxylic acids is 2. The molecule has 4 atom stereocenters. The molecule has 3 aliphatic rings. The quantitative estimate of drug-likeness (QED) is 0.819. The SMILES string of the molecule is O=Cc1ccccc1[C@@H]1NC(=O)[C@H]2C[C@@H]3CC[C@@]21O3. The number of hydrogen-bond donors (Lipinski definition) is 1. The van der Waals surface area contributed by atoms with E-state index in [4.69, 9.17) is 4.74 Å². The molecule has 1 N–H and O–H groups in total. The summed E-state index contributed by atoms with van der Waals surface area (Å²) in [7, 11) is 0. The van der Waals surface area contributed by atoms with E-state index < -0.39 is 5.60 Å². The molecule has 0 aromatic heterocycles. The third-order valence-electron chi connectivity index (χ3n) is 4.86. The van der Waals surface area contributed by atoms with E-state index in [1.165, 1.54) is 0 Å². The van der Waals surface area contributed by atoms with Crippen molar-refractivity contribution in [3.05, 3.63) is 35.4 Å². The lowest BCUT2D eigenvalue weighted by atomic mass is 9.75. The Labute approximate surface area is 111 Å². The van der Waals surface area contributed by atoms with Crippen LogP contribution >= 0.6 is 0 Å². The summed E-state index contributed by atoms with van der Waals surface area (Å²) in [6.45, 7) is 0. The highest BCUT2D eigenvalue weighted by atomic mass is 16.5. The fourth-order valence-electron chi connectivity index (χ4n) is 4.03. The molecule has 0 aliphatic carbocycles. The molecule has 3 aliphatic heterocycles. The van der Waals surface area contributed by atoms with Crippen molar-refractivity contribution in [1.29, 1.82) is 0 Å². The molecule has 1 amide bonds. The third kappa shape index (κ3) is 1.32. The zero-order valence-electron chi connectivity index (χ0n) is 10.5. The standard InChI is InChI=1S/C15H15NO3/c17-8-9-3-1-2-4-11(9)13-15-6-5-10(19-15)7-12(15)14(18)16-13/h1-4,8,10,12-13H,5-7H2,(H,16,18)/t10-,12+,13-,15+/m0/s1. The average molecular weight is 257 g/mol. The van der Waals surface area contributed by atoms with Crippen molar-refractivity contribution >= 4 is 12.2 Å². The number of benzene rings is 1. The zero-order chi connectivity index (χ0) is 13.0. The number of nitrogens with one attached hydrogen (secondary N) is 1. The molecule has 4 nitrogen and oxygen atoms in total. The number of carbonyl (C=O) groups is 2. The number of rotatable bonds is 2. The van der Waals surface area contributed by atoms with Crippen molar-refractivity contribution in [2.75, 3.05) is 0 Å². The lowest BCUT2D eigenvalue weighted by Gasteiger charge is -2.30. The average Bonchev–Trinajstić information content (AvgIpc) is 3.09. The summed E-state index contributed by atoms with van der Waals surface area (Å²) < 4.78 is 6.12. The smallest absolute Gasteiger partial charge is 0.226 e. The van der Waals surface area contributed by atoms with E-state index in [-0.39, 0.29) is 24.0 Å². The van der Waals surface area contributed by atoms with Gasteiger partial charge in [-0.2, -0.15) is 0 Å². The molecule has 2 bridgehead atoms. The Hall–Kier alpha value is -1.68. The summed E-state index contributed by atoms with van der Waals surface area (Å²) in [5.41, 5.74) is 1.11. The first-order valence-corrected chi connectivity index (χ1v) is 6.77. The molecule has 1 spiro atoms. The van der Waals surface area contributed by atoms with Gasteiger partial charge in [-0.15, -0.1) is 0 Å². The first kappa shape index (κ1) is 11.2. The van der Waals surface area contributed by atoms with Gasteiger partial charge in [0.1, 0.15) is 11.9 Å². The van der Waals surface area contributed by atoms with Crippen molar-refractivity contribution in [2.24, 2.45) is 5.92 Å². The van der Waals surface area contributed by atoms with Crippen LogP contribution in [0.15, 0.2) is 24.3 Å². The van der Waals surface area contributed by atoms with Crippen LogP contribution in [0, 0.1) is 5.92 Å². The first-order chi connectivity index (χ1) is 9.24. The van der Waals surface area contributed by atoms with E-state index in [1.54, 1.807) is 6.07 Å². The molecule has 1 aromatic carbocycles. The van der Waals surface area contributed by atoms with Gasteiger partial charge in [-0.1, -0.05) is 24.3 Å². The van der Waals surface area contributed by atoms with E-state index in [1.807, 2.05) is 18.2 Å². The predicted molar refractivity (Wildman–Crippen MR) is 67.7 cm³/mol. The van der Waals surface area contributed by atoms with Gasteiger partial charge in [-0.25, -0.2) is 0 Å². The molecule has 1 aromatic rings. The maximum Gasteiger partial charge on any atom is 0.226 e. The van der Waals surface area contributed by atoms with Crippen molar-refractivity contribution in [3.63, 3.8) is 0 Å². The van der Waals surface area contributed by atoms with E-state index in [0.717, 1.165) is 31.1 Å². The summed E-state index contributed by atoms with van der Waals surface area (Å²) in [5.74, 6) is 0.0314. The van der Waals surface area contributed by atoms with Gasteiger partial charge in [0.15, 0.2) is 0 Å². The molecule has 3 heterocycles. The Balaban J connectivity index is 1.83.